The number of rotatable bonds is 7. The van der Waals surface area contributed by atoms with Crippen LogP contribution >= 0.6 is 0 Å². The molecule has 0 aliphatic carbocycles. The summed E-state index contributed by atoms with van der Waals surface area (Å²) in [5.41, 5.74) is 3.01. The van der Waals surface area contributed by atoms with Gasteiger partial charge in [-0.2, -0.15) is 5.10 Å². The molecule has 0 fully saturated rings. The van der Waals surface area contributed by atoms with E-state index in [0.717, 1.165) is 11.1 Å². The number of anilines is 1. The van der Waals surface area contributed by atoms with E-state index in [9.17, 15) is 9.00 Å². The Bertz CT molecular complexity index is 1580. The predicted molar refractivity (Wildman–Crippen MR) is 141 cm³/mol. The summed E-state index contributed by atoms with van der Waals surface area (Å²) in [7, 11) is 2.94. The normalized spacial score (nSPS) is 14.0. The maximum absolute atomic E-state index is 15.6. The average molecular weight is 537 g/mol. The standard InChI is InChI=1S/C26H25FN6O4S/c1-16-11-19(26(37-3)28-14-16)18-12-23(36-2)22(13-20(18)27)33-21-8-10-32(15-17(21)6-7-25(33)34)38(35)31-24-5-4-9-29-30-24/h4-7,9,11-14H,8,10,15H2,1-3H3,(H,30,31). The first kappa shape index (κ1) is 25.5. The van der Waals surface area contributed by atoms with Crippen LogP contribution in [0.15, 0.2) is 59.7 Å². The molecule has 1 unspecified atom stereocenters. The summed E-state index contributed by atoms with van der Waals surface area (Å²) in [6.45, 7) is 2.56. The van der Waals surface area contributed by atoms with Crippen molar-refractivity contribution < 1.29 is 18.1 Å². The van der Waals surface area contributed by atoms with E-state index in [1.54, 1.807) is 40.8 Å². The zero-order valence-electron chi connectivity index (χ0n) is 21.0. The molecule has 0 saturated heterocycles. The molecule has 1 aliphatic rings. The van der Waals surface area contributed by atoms with Crippen molar-refractivity contribution in [1.82, 2.24) is 24.1 Å². The fourth-order valence-electron chi connectivity index (χ4n) is 4.45. The minimum atomic E-state index is -1.57. The number of hydrogen-bond acceptors (Lipinski definition) is 7. The number of pyridine rings is 2. The highest BCUT2D eigenvalue weighted by atomic mass is 32.2. The molecule has 4 aromatic rings. The summed E-state index contributed by atoms with van der Waals surface area (Å²) >= 11 is -1.57. The molecular weight excluding hydrogens is 511 g/mol. The fraction of sp³-hybridized carbons (Fsp3) is 0.231. The second-order valence-electron chi connectivity index (χ2n) is 8.63. The molecule has 196 valence electrons. The highest BCUT2D eigenvalue weighted by Gasteiger charge is 2.26. The van der Waals surface area contributed by atoms with Crippen LogP contribution in [0.2, 0.25) is 0 Å². The lowest BCUT2D eigenvalue weighted by Crippen LogP contribution is -2.38. The second kappa shape index (κ2) is 10.7. The molecule has 0 amide bonds. The van der Waals surface area contributed by atoms with Crippen LogP contribution in [0, 0.1) is 12.7 Å². The summed E-state index contributed by atoms with van der Waals surface area (Å²) in [6, 6.07) is 11.1. The van der Waals surface area contributed by atoms with Crippen molar-refractivity contribution in [2.75, 3.05) is 25.5 Å². The van der Waals surface area contributed by atoms with E-state index in [1.165, 1.54) is 37.1 Å². The summed E-state index contributed by atoms with van der Waals surface area (Å²) in [6.07, 6.45) is 3.57. The molecule has 3 aromatic heterocycles. The molecule has 0 spiro atoms. The smallest absolute Gasteiger partial charge is 0.255 e. The van der Waals surface area contributed by atoms with Crippen molar-refractivity contribution in [2.45, 2.75) is 19.9 Å². The van der Waals surface area contributed by atoms with E-state index in [-0.39, 0.29) is 22.7 Å². The number of halogens is 1. The lowest BCUT2D eigenvalue weighted by atomic mass is 10.0. The number of hydrogen-bond donors (Lipinski definition) is 1. The molecular formula is C26H25FN6O4S. The van der Waals surface area contributed by atoms with Gasteiger partial charge in [-0.05, 0) is 42.3 Å². The van der Waals surface area contributed by atoms with Crippen LogP contribution in [0.1, 0.15) is 16.8 Å². The first-order valence-electron chi connectivity index (χ1n) is 11.7. The van der Waals surface area contributed by atoms with Crippen LogP contribution in [-0.4, -0.2) is 49.0 Å². The molecule has 5 rings (SSSR count). The highest BCUT2D eigenvalue weighted by molar-refractivity contribution is 7.84. The first-order chi connectivity index (χ1) is 18.4. The van der Waals surface area contributed by atoms with Crippen molar-refractivity contribution >= 4 is 17.0 Å². The van der Waals surface area contributed by atoms with Gasteiger partial charge in [0, 0.05) is 60.9 Å². The number of nitrogens with zero attached hydrogens (tertiary/aromatic N) is 5. The third-order valence-corrected chi connectivity index (χ3v) is 7.38. The van der Waals surface area contributed by atoms with Gasteiger partial charge in [0.05, 0.1) is 19.9 Å². The molecule has 1 N–H and O–H groups in total. The van der Waals surface area contributed by atoms with Gasteiger partial charge in [0.25, 0.3) is 5.56 Å². The van der Waals surface area contributed by atoms with Crippen molar-refractivity contribution in [3.05, 3.63) is 87.9 Å². The number of ether oxygens (including phenoxy) is 2. The van der Waals surface area contributed by atoms with Crippen LogP contribution in [-0.2, 0) is 24.1 Å². The van der Waals surface area contributed by atoms with E-state index >= 15 is 4.39 Å². The first-order valence-corrected chi connectivity index (χ1v) is 12.8. The van der Waals surface area contributed by atoms with Gasteiger partial charge >= 0.3 is 0 Å². The van der Waals surface area contributed by atoms with Gasteiger partial charge in [0.15, 0.2) is 17.0 Å². The second-order valence-corrected chi connectivity index (χ2v) is 9.84. The molecule has 1 atom stereocenters. The van der Waals surface area contributed by atoms with Gasteiger partial charge < -0.3 is 9.47 Å². The van der Waals surface area contributed by atoms with Crippen molar-refractivity contribution in [3.63, 3.8) is 0 Å². The zero-order valence-corrected chi connectivity index (χ0v) is 21.8. The molecule has 1 aromatic carbocycles. The lowest BCUT2D eigenvalue weighted by Gasteiger charge is -2.29. The fourth-order valence-corrected chi connectivity index (χ4v) is 5.38. The number of benzene rings is 1. The maximum atomic E-state index is 15.6. The Balaban J connectivity index is 1.52. The SMILES string of the molecule is COc1cc(-c2cc(C)cnc2OC)c(F)cc1-n1c2c(ccc1=O)CN(S(=O)Nc1cccnn1)CC2. The summed E-state index contributed by atoms with van der Waals surface area (Å²) in [5, 5.41) is 7.69. The van der Waals surface area contributed by atoms with Crippen LogP contribution in [0.5, 0.6) is 11.6 Å². The number of fused-ring (bicyclic) bond motifs is 1. The number of nitrogens with one attached hydrogen (secondary N) is 1. The van der Waals surface area contributed by atoms with Crippen LogP contribution < -0.4 is 19.8 Å². The largest absolute Gasteiger partial charge is 0.495 e. The molecule has 0 radical (unpaired) electrons. The van der Waals surface area contributed by atoms with Crippen molar-refractivity contribution in [3.8, 4) is 28.4 Å². The minimum Gasteiger partial charge on any atom is -0.495 e. The third kappa shape index (κ3) is 4.87. The van der Waals surface area contributed by atoms with Crippen LogP contribution in [0.4, 0.5) is 10.2 Å². The van der Waals surface area contributed by atoms with E-state index < -0.39 is 17.0 Å². The Morgan fingerprint density at radius 3 is 2.68 bits per heavy atom. The van der Waals surface area contributed by atoms with Gasteiger partial charge in [-0.15, -0.1) is 5.10 Å². The maximum Gasteiger partial charge on any atom is 0.255 e. The molecule has 0 saturated carbocycles. The topological polar surface area (TPSA) is 111 Å². The predicted octanol–water partition coefficient (Wildman–Crippen LogP) is 3.20. The molecule has 38 heavy (non-hydrogen) atoms. The number of methoxy groups -OCH3 is 2. The molecule has 4 heterocycles. The summed E-state index contributed by atoms with van der Waals surface area (Å²) < 4.78 is 45.5. The van der Waals surface area contributed by atoms with Gasteiger partial charge in [-0.1, -0.05) is 6.07 Å². The molecule has 12 heteroatoms. The van der Waals surface area contributed by atoms with E-state index in [1.807, 2.05) is 6.92 Å². The Morgan fingerprint density at radius 1 is 1.11 bits per heavy atom. The quantitative estimate of drug-likeness (QED) is 0.386. The minimum absolute atomic E-state index is 0.244. The van der Waals surface area contributed by atoms with Crippen molar-refractivity contribution in [1.29, 1.82) is 0 Å². The van der Waals surface area contributed by atoms with Crippen molar-refractivity contribution in [2.24, 2.45) is 0 Å². The number of aromatic nitrogens is 4. The third-order valence-electron chi connectivity index (χ3n) is 6.21. The van der Waals surface area contributed by atoms with E-state index in [0.29, 0.717) is 42.3 Å². The Labute approximate surface area is 220 Å². The Hall–Kier alpha value is -4.16. The number of aryl methyl sites for hydroxylation is 1. The summed E-state index contributed by atoms with van der Waals surface area (Å²) in [4.78, 5) is 17.3. The van der Waals surface area contributed by atoms with Gasteiger partial charge in [-0.3, -0.25) is 14.1 Å². The zero-order chi connectivity index (χ0) is 26.8. The average Bonchev–Trinajstić information content (AvgIpc) is 2.93. The lowest BCUT2D eigenvalue weighted by molar-refractivity contribution is 0.398. The van der Waals surface area contributed by atoms with Gasteiger partial charge in [-0.25, -0.2) is 17.9 Å². The van der Waals surface area contributed by atoms with E-state index in [2.05, 4.69) is 19.9 Å². The van der Waals surface area contributed by atoms with Gasteiger partial charge in [0.1, 0.15) is 11.6 Å². The Morgan fingerprint density at radius 2 is 1.95 bits per heavy atom. The molecule has 0 bridgehead atoms. The summed E-state index contributed by atoms with van der Waals surface area (Å²) in [5.74, 6) is 0.433. The van der Waals surface area contributed by atoms with Crippen LogP contribution in [0.25, 0.3) is 16.8 Å². The van der Waals surface area contributed by atoms with Gasteiger partial charge in [0.2, 0.25) is 5.88 Å². The van der Waals surface area contributed by atoms with Crippen LogP contribution in [0.3, 0.4) is 0 Å². The van der Waals surface area contributed by atoms with E-state index in [4.69, 9.17) is 9.47 Å². The monoisotopic (exact) mass is 536 g/mol. The molecule has 10 nitrogen and oxygen atoms in total. The highest BCUT2D eigenvalue weighted by Crippen LogP contribution is 2.37. The Kier molecular flexibility index (Phi) is 7.16. The molecule has 1 aliphatic heterocycles.